The molecule has 39 heavy (non-hydrogen) atoms. The Bertz CT molecular complexity index is 1310. The molecule has 13 heteroatoms. The number of ether oxygens (including phenoxy) is 5. The van der Waals surface area contributed by atoms with E-state index in [1.165, 1.54) is 27.5 Å². The monoisotopic (exact) mass is 652 g/mol. The molecule has 0 spiro atoms. The third-order valence-corrected chi connectivity index (χ3v) is 6.13. The van der Waals surface area contributed by atoms with Crippen molar-refractivity contribution in [3.05, 3.63) is 56.3 Å². The van der Waals surface area contributed by atoms with Crippen molar-refractivity contribution in [1.29, 1.82) is 0 Å². The molecule has 0 saturated carbocycles. The van der Waals surface area contributed by atoms with Crippen LogP contribution in [0.4, 0.5) is 4.79 Å². The Labute approximate surface area is 239 Å². The molecule has 0 aromatic heterocycles. The highest BCUT2D eigenvalue weighted by atomic mass is 127. The highest BCUT2D eigenvalue weighted by Gasteiger charge is 2.32. The van der Waals surface area contributed by atoms with Crippen molar-refractivity contribution < 1.29 is 38.1 Å². The Morgan fingerprint density at radius 3 is 2.49 bits per heavy atom. The SMILES string of the molecule is CCOC(=O)C1=C(C)NC(=O)N[C@@H]1c1ccc(OCC(=O)N/N=C/c2cc(I)cc(OC)c2OC)c(OC)c1. The van der Waals surface area contributed by atoms with Crippen LogP contribution in [0.2, 0.25) is 0 Å². The van der Waals surface area contributed by atoms with Crippen LogP contribution in [0, 0.1) is 3.57 Å². The normalized spacial score (nSPS) is 14.8. The Balaban J connectivity index is 1.71. The van der Waals surface area contributed by atoms with Crippen LogP contribution in [0.15, 0.2) is 46.7 Å². The molecular formula is C26H29IN4O8. The number of hydrazone groups is 1. The van der Waals surface area contributed by atoms with Crippen LogP contribution in [0.3, 0.4) is 0 Å². The molecule has 2 aromatic rings. The van der Waals surface area contributed by atoms with Crippen molar-refractivity contribution in [2.45, 2.75) is 19.9 Å². The van der Waals surface area contributed by atoms with E-state index in [0.29, 0.717) is 34.1 Å². The van der Waals surface area contributed by atoms with Crippen LogP contribution >= 0.6 is 22.6 Å². The number of urea groups is 1. The molecule has 0 fully saturated rings. The number of allylic oxidation sites excluding steroid dienone is 1. The summed E-state index contributed by atoms with van der Waals surface area (Å²) in [5.74, 6) is 0.544. The lowest BCUT2D eigenvalue weighted by Crippen LogP contribution is -2.45. The summed E-state index contributed by atoms with van der Waals surface area (Å²) < 4.78 is 27.8. The summed E-state index contributed by atoms with van der Waals surface area (Å²) >= 11 is 2.14. The number of nitrogens with zero attached hydrogens (tertiary/aromatic N) is 1. The van der Waals surface area contributed by atoms with Gasteiger partial charge in [0.05, 0.1) is 45.8 Å². The van der Waals surface area contributed by atoms with Gasteiger partial charge in [-0.05, 0) is 66.3 Å². The predicted molar refractivity (Wildman–Crippen MR) is 150 cm³/mol. The van der Waals surface area contributed by atoms with Crippen molar-refractivity contribution in [3.8, 4) is 23.0 Å². The lowest BCUT2D eigenvalue weighted by atomic mass is 9.95. The van der Waals surface area contributed by atoms with Crippen molar-refractivity contribution >= 4 is 46.7 Å². The van der Waals surface area contributed by atoms with Crippen LogP contribution in [-0.4, -0.2) is 58.7 Å². The first-order valence-electron chi connectivity index (χ1n) is 11.7. The Hall–Kier alpha value is -4.01. The molecule has 1 heterocycles. The number of halogens is 1. The van der Waals surface area contributed by atoms with Gasteiger partial charge >= 0.3 is 12.0 Å². The van der Waals surface area contributed by atoms with E-state index in [1.54, 1.807) is 32.0 Å². The van der Waals surface area contributed by atoms with Crippen molar-refractivity contribution in [2.75, 3.05) is 34.5 Å². The number of esters is 1. The fraction of sp³-hybridized carbons (Fsp3) is 0.308. The molecule has 2 aromatic carbocycles. The maximum absolute atomic E-state index is 12.6. The summed E-state index contributed by atoms with van der Waals surface area (Å²) in [4.78, 5) is 37.0. The Morgan fingerprint density at radius 2 is 1.82 bits per heavy atom. The molecular weight excluding hydrogens is 623 g/mol. The minimum absolute atomic E-state index is 0.185. The topological polar surface area (TPSA) is 146 Å². The second kappa shape index (κ2) is 13.7. The molecule has 0 aliphatic carbocycles. The van der Waals surface area contributed by atoms with E-state index in [2.05, 4.69) is 43.8 Å². The number of carbonyl (C=O) groups is 3. The molecule has 1 aliphatic rings. The quantitative estimate of drug-likeness (QED) is 0.145. The van der Waals surface area contributed by atoms with Crippen molar-refractivity contribution in [3.63, 3.8) is 0 Å². The Morgan fingerprint density at radius 1 is 1.08 bits per heavy atom. The highest BCUT2D eigenvalue weighted by molar-refractivity contribution is 14.1. The molecule has 0 bridgehead atoms. The molecule has 3 rings (SSSR count). The molecule has 3 amide bonds. The second-order valence-corrected chi connectivity index (χ2v) is 9.26. The largest absolute Gasteiger partial charge is 0.493 e. The van der Waals surface area contributed by atoms with Gasteiger partial charge in [-0.3, -0.25) is 4.79 Å². The molecule has 3 N–H and O–H groups in total. The maximum atomic E-state index is 12.6. The van der Waals surface area contributed by atoms with Gasteiger partial charge in [-0.15, -0.1) is 0 Å². The van der Waals surface area contributed by atoms with E-state index in [9.17, 15) is 14.4 Å². The summed E-state index contributed by atoms with van der Waals surface area (Å²) in [6.07, 6.45) is 1.45. The van der Waals surface area contributed by atoms with Gasteiger partial charge in [0.25, 0.3) is 5.91 Å². The fourth-order valence-electron chi connectivity index (χ4n) is 3.81. The van der Waals surface area contributed by atoms with Gasteiger partial charge in [0.2, 0.25) is 0 Å². The number of hydrogen-bond acceptors (Lipinski definition) is 9. The molecule has 208 valence electrons. The fourth-order valence-corrected chi connectivity index (χ4v) is 4.43. The van der Waals surface area contributed by atoms with Gasteiger partial charge < -0.3 is 34.3 Å². The van der Waals surface area contributed by atoms with E-state index in [-0.39, 0.29) is 24.5 Å². The summed E-state index contributed by atoms with van der Waals surface area (Å²) in [5, 5.41) is 9.29. The third-order valence-electron chi connectivity index (χ3n) is 5.51. The first-order chi connectivity index (χ1) is 18.7. The average molecular weight is 652 g/mol. The molecule has 0 radical (unpaired) electrons. The predicted octanol–water partition coefficient (Wildman–Crippen LogP) is 3.04. The smallest absolute Gasteiger partial charge is 0.338 e. The lowest BCUT2D eigenvalue weighted by molar-refractivity contribution is -0.139. The third kappa shape index (κ3) is 7.31. The standard InChI is InChI=1S/C26H29IN4O8/c1-6-38-25(33)22-14(2)29-26(34)30-23(22)15-7-8-18(19(10-15)35-3)39-13-21(32)31-28-12-16-9-17(27)11-20(36-4)24(16)37-5/h7-12,23H,6,13H2,1-5H3,(H,31,32)(H2,29,30,34)/b28-12+/t23-/m1/s1. The van der Waals surface area contributed by atoms with Gasteiger partial charge in [-0.1, -0.05) is 6.07 Å². The minimum atomic E-state index is -0.768. The van der Waals surface area contributed by atoms with Crippen LogP contribution < -0.4 is 35.0 Å². The number of benzene rings is 2. The van der Waals surface area contributed by atoms with Gasteiger partial charge in [-0.2, -0.15) is 5.10 Å². The number of methoxy groups -OCH3 is 3. The number of amides is 3. The van der Waals surface area contributed by atoms with Crippen LogP contribution in [-0.2, 0) is 14.3 Å². The second-order valence-electron chi connectivity index (χ2n) is 8.01. The van der Waals surface area contributed by atoms with E-state index in [0.717, 1.165) is 3.57 Å². The van der Waals surface area contributed by atoms with Gasteiger partial charge in [0, 0.05) is 14.8 Å². The number of rotatable bonds is 11. The summed E-state index contributed by atoms with van der Waals surface area (Å²) in [5.41, 5.74) is 4.25. The zero-order valence-corrected chi connectivity index (χ0v) is 24.2. The van der Waals surface area contributed by atoms with E-state index in [1.807, 2.05) is 12.1 Å². The van der Waals surface area contributed by atoms with Crippen molar-refractivity contribution in [1.82, 2.24) is 16.1 Å². The molecule has 0 unspecified atom stereocenters. The molecule has 0 saturated heterocycles. The first kappa shape index (κ1) is 29.5. The van der Waals surface area contributed by atoms with Gasteiger partial charge in [-0.25, -0.2) is 15.0 Å². The number of hydrogen-bond donors (Lipinski definition) is 3. The van der Waals surface area contributed by atoms with Crippen molar-refractivity contribution in [2.24, 2.45) is 5.10 Å². The van der Waals surface area contributed by atoms with Crippen LogP contribution in [0.25, 0.3) is 0 Å². The minimum Gasteiger partial charge on any atom is -0.493 e. The lowest BCUT2D eigenvalue weighted by Gasteiger charge is -2.28. The summed E-state index contributed by atoms with van der Waals surface area (Å²) in [6, 6.07) is 7.28. The molecule has 1 aliphatic heterocycles. The summed E-state index contributed by atoms with van der Waals surface area (Å²) in [6.45, 7) is 3.16. The van der Waals surface area contributed by atoms with Gasteiger partial charge in [0.1, 0.15) is 0 Å². The van der Waals surface area contributed by atoms with Gasteiger partial charge in [0.15, 0.2) is 29.6 Å². The zero-order valence-electron chi connectivity index (χ0n) is 22.0. The first-order valence-corrected chi connectivity index (χ1v) is 12.8. The molecule has 1 atom stereocenters. The average Bonchev–Trinajstić information content (AvgIpc) is 2.91. The molecule has 12 nitrogen and oxygen atoms in total. The van der Waals surface area contributed by atoms with Crippen LogP contribution in [0.5, 0.6) is 23.0 Å². The highest BCUT2D eigenvalue weighted by Crippen LogP contribution is 2.35. The number of nitrogens with one attached hydrogen (secondary N) is 3. The Kier molecular flexibility index (Phi) is 10.4. The van der Waals surface area contributed by atoms with E-state index in [4.69, 9.17) is 23.7 Å². The van der Waals surface area contributed by atoms with Crippen LogP contribution in [0.1, 0.15) is 31.0 Å². The maximum Gasteiger partial charge on any atom is 0.338 e. The zero-order chi connectivity index (χ0) is 28.5. The summed E-state index contributed by atoms with van der Waals surface area (Å²) in [7, 11) is 4.49. The van der Waals surface area contributed by atoms with E-state index >= 15 is 0 Å². The number of carbonyl (C=O) groups excluding carboxylic acids is 3. The van der Waals surface area contributed by atoms with E-state index < -0.39 is 23.9 Å².